The van der Waals surface area contributed by atoms with E-state index in [0.717, 1.165) is 9.80 Å². The number of imide groups is 1. The molecule has 45 heavy (non-hydrogen) atoms. The maximum Gasteiger partial charge on any atom is 1.00 e. The summed E-state index contributed by atoms with van der Waals surface area (Å²) in [4.78, 5) is 79.5. The average molecular weight is 641 g/mol. The Bertz CT molecular complexity index is 1630. The number of benzene rings is 2. The predicted molar refractivity (Wildman–Crippen MR) is 152 cm³/mol. The second-order valence-electron chi connectivity index (χ2n) is 9.96. The maximum atomic E-state index is 13.6. The number of amides is 6. The molecule has 0 aliphatic carbocycles. The third-order valence-electron chi connectivity index (χ3n) is 7.19. The van der Waals surface area contributed by atoms with Crippen molar-refractivity contribution in [3.05, 3.63) is 77.0 Å². The number of carbonyl (C=O) groups excluding carboxylic acids is 6. The fourth-order valence-electron chi connectivity index (χ4n) is 5.06. The van der Waals surface area contributed by atoms with Crippen molar-refractivity contribution in [3.63, 3.8) is 0 Å². The summed E-state index contributed by atoms with van der Waals surface area (Å²) in [6, 6.07) is 12.7. The molecule has 0 spiro atoms. The number of hydrogen-bond donors (Lipinski definition) is 2. The Morgan fingerprint density at radius 3 is 2.51 bits per heavy atom. The molecule has 0 radical (unpaired) electrons. The number of carboxylic acid groups (broad SMARTS) is 1. The van der Waals surface area contributed by atoms with Gasteiger partial charge in [0.25, 0.3) is 5.91 Å². The van der Waals surface area contributed by atoms with Gasteiger partial charge in [0.15, 0.2) is 0 Å². The van der Waals surface area contributed by atoms with Gasteiger partial charge in [0.05, 0.1) is 29.8 Å². The minimum atomic E-state index is -1.62. The molecule has 3 atom stereocenters. The van der Waals surface area contributed by atoms with E-state index in [1.165, 1.54) is 29.7 Å². The number of fused-ring (bicyclic) bond motifs is 1. The van der Waals surface area contributed by atoms with Gasteiger partial charge in [-0.25, -0.2) is 14.5 Å². The van der Waals surface area contributed by atoms with E-state index in [4.69, 9.17) is 4.74 Å². The molecule has 2 aromatic rings. The van der Waals surface area contributed by atoms with Gasteiger partial charge in [-0.05, 0) is 23.8 Å². The number of anilines is 1. The summed E-state index contributed by atoms with van der Waals surface area (Å²) >= 11 is 1.17. The summed E-state index contributed by atoms with van der Waals surface area (Å²) in [5.74, 6) is -3.58. The molecule has 5 rings (SSSR count). The molecule has 6 amide bonds. The molecule has 2 saturated heterocycles. The van der Waals surface area contributed by atoms with Crippen LogP contribution in [0.1, 0.15) is 24.1 Å². The van der Waals surface area contributed by atoms with Gasteiger partial charge >= 0.3 is 47.6 Å². The summed E-state index contributed by atoms with van der Waals surface area (Å²) < 4.78 is 4.91. The zero-order valence-corrected chi connectivity index (χ0v) is 27.0. The Hall–Kier alpha value is -4.36. The van der Waals surface area contributed by atoms with Gasteiger partial charge in [0, 0.05) is 30.5 Å². The molecule has 14 nitrogen and oxygen atoms in total. The van der Waals surface area contributed by atoms with E-state index < -0.39 is 59.0 Å². The number of aliphatic carboxylic acids is 1. The minimum Gasteiger partial charge on any atom is -0.543 e. The van der Waals surface area contributed by atoms with Gasteiger partial charge in [-0.3, -0.25) is 24.2 Å². The molecule has 0 bridgehead atoms. The number of nitrogens with one attached hydrogen (secondary N) is 2. The third-order valence-corrected chi connectivity index (χ3v) is 8.53. The Morgan fingerprint density at radius 1 is 1.11 bits per heavy atom. The summed E-state index contributed by atoms with van der Waals surface area (Å²) in [6.07, 6.45) is 0. The first kappa shape index (κ1) is 33.5. The second-order valence-corrected chi connectivity index (χ2v) is 11.1. The van der Waals surface area contributed by atoms with E-state index in [1.807, 2.05) is 6.07 Å². The molecule has 3 heterocycles. The Labute approximate surface area is 283 Å². The van der Waals surface area contributed by atoms with Crippen LogP contribution in [0.4, 0.5) is 15.3 Å². The number of nitrogens with zero attached hydrogens (tertiary/aromatic N) is 4. The summed E-state index contributed by atoms with van der Waals surface area (Å²) in [7, 11) is 0. The van der Waals surface area contributed by atoms with Crippen LogP contribution in [0.5, 0.6) is 0 Å². The van der Waals surface area contributed by atoms with Crippen molar-refractivity contribution in [1.82, 2.24) is 20.4 Å². The number of hydrogen-bond acceptors (Lipinski definition) is 10. The molecule has 2 aromatic carbocycles. The molecule has 1 unspecified atom stereocenters. The molecule has 2 fully saturated rings. The van der Waals surface area contributed by atoms with Gasteiger partial charge < -0.3 is 25.3 Å². The summed E-state index contributed by atoms with van der Waals surface area (Å²) in [5, 5.41) is 25.5. The SMILES string of the molecule is CC(=O)OCC1=C(C(=O)[O-])N2C(=O)C(NC(=O)[C@H](NC(=O)N3CCN(c4cccc(C#N)c4)C3=O)c3ccccc3)[C@H]2SC1.[Na+]. The van der Waals surface area contributed by atoms with Gasteiger partial charge in [-0.15, -0.1) is 11.8 Å². The number of carboxylic acids is 1. The van der Waals surface area contributed by atoms with E-state index in [0.29, 0.717) is 16.8 Å². The van der Waals surface area contributed by atoms with E-state index in [2.05, 4.69) is 10.6 Å². The Kier molecular flexibility index (Phi) is 10.6. The number of esters is 1. The van der Waals surface area contributed by atoms with Crippen LogP contribution in [-0.2, 0) is 23.9 Å². The molecule has 2 N–H and O–H groups in total. The predicted octanol–water partition coefficient (Wildman–Crippen LogP) is -2.78. The van der Waals surface area contributed by atoms with Crippen molar-refractivity contribution >= 4 is 53.3 Å². The first-order valence-electron chi connectivity index (χ1n) is 13.4. The first-order valence-corrected chi connectivity index (χ1v) is 14.4. The largest absolute Gasteiger partial charge is 1.00 e. The Balaban J connectivity index is 0.00000461. The fourth-order valence-corrected chi connectivity index (χ4v) is 6.39. The molecule has 3 aliphatic rings. The van der Waals surface area contributed by atoms with Gasteiger partial charge in [0.1, 0.15) is 24.1 Å². The normalized spacial score (nSPS) is 19.4. The topological polar surface area (TPSA) is 192 Å². The first-order chi connectivity index (χ1) is 21.1. The molecule has 226 valence electrons. The van der Waals surface area contributed by atoms with Crippen LogP contribution in [0, 0.1) is 11.3 Å². The molecular weight excluding hydrogens is 615 g/mol. The zero-order chi connectivity index (χ0) is 31.5. The third kappa shape index (κ3) is 6.84. The van der Waals surface area contributed by atoms with Gasteiger partial charge in [0.2, 0.25) is 5.91 Å². The van der Waals surface area contributed by atoms with E-state index in [-0.39, 0.29) is 60.6 Å². The fraction of sp³-hybridized carbons (Fsp3) is 0.276. The van der Waals surface area contributed by atoms with Crippen LogP contribution < -0.4 is 50.2 Å². The van der Waals surface area contributed by atoms with Gasteiger partial charge in [-0.1, -0.05) is 36.4 Å². The smallest absolute Gasteiger partial charge is 0.543 e. The molecule has 0 aromatic heterocycles. The number of nitriles is 1. The van der Waals surface area contributed by atoms with Crippen molar-refractivity contribution < 1.29 is 68.2 Å². The molecule has 3 aliphatic heterocycles. The quantitative estimate of drug-likeness (QED) is 0.173. The van der Waals surface area contributed by atoms with Crippen LogP contribution in [0.2, 0.25) is 0 Å². The summed E-state index contributed by atoms with van der Waals surface area (Å²) in [6.45, 7) is 1.04. The van der Waals surface area contributed by atoms with Crippen LogP contribution in [0.25, 0.3) is 0 Å². The van der Waals surface area contributed by atoms with Gasteiger partial charge in [-0.2, -0.15) is 5.26 Å². The van der Waals surface area contributed by atoms with E-state index in [9.17, 15) is 39.1 Å². The standard InChI is InChI=1S/C29H26N6O8S.Na/c1-16(36)43-14-19-15-44-26-22(25(38)35(26)23(19)27(39)40)31-24(37)21(18-7-3-2-4-8-18)32-28(41)34-11-10-33(29(34)42)20-9-5-6-17(12-20)13-30;/h2-9,12,21-22,26H,10-11,14-15H2,1H3,(H,31,37)(H,32,41)(H,39,40);/q;+1/p-1/t21-,22?,26-;/m1./s1. The van der Waals surface area contributed by atoms with Crippen molar-refractivity contribution in [2.24, 2.45) is 0 Å². The maximum absolute atomic E-state index is 13.6. The zero-order valence-electron chi connectivity index (χ0n) is 24.2. The average Bonchev–Trinajstić information content (AvgIpc) is 3.42. The monoisotopic (exact) mass is 640 g/mol. The van der Waals surface area contributed by atoms with E-state index >= 15 is 0 Å². The van der Waals surface area contributed by atoms with Crippen LogP contribution in [0.3, 0.4) is 0 Å². The van der Waals surface area contributed by atoms with Crippen molar-refractivity contribution in [2.75, 3.05) is 30.3 Å². The van der Waals surface area contributed by atoms with E-state index in [1.54, 1.807) is 48.5 Å². The number of carbonyl (C=O) groups is 6. The van der Waals surface area contributed by atoms with Crippen molar-refractivity contribution in [1.29, 1.82) is 5.26 Å². The number of thioether (sulfide) groups is 1. The van der Waals surface area contributed by atoms with Crippen LogP contribution in [-0.4, -0.2) is 82.5 Å². The Morgan fingerprint density at radius 2 is 1.84 bits per heavy atom. The van der Waals surface area contributed by atoms with Crippen LogP contribution in [0.15, 0.2) is 65.9 Å². The number of urea groups is 2. The van der Waals surface area contributed by atoms with Crippen molar-refractivity contribution in [2.45, 2.75) is 24.4 Å². The summed E-state index contributed by atoms with van der Waals surface area (Å²) in [5.41, 5.74) is 0.957. The van der Waals surface area contributed by atoms with Crippen LogP contribution >= 0.6 is 11.8 Å². The van der Waals surface area contributed by atoms with Crippen molar-refractivity contribution in [3.8, 4) is 6.07 Å². The minimum absolute atomic E-state index is 0. The number of β-lactam (4-membered cyclic amide) rings is 1. The number of rotatable bonds is 8. The molecule has 16 heteroatoms. The molecular formula is C29H25N6NaO8S. The number of ether oxygens (including phenoxy) is 1. The second kappa shape index (κ2) is 14.2. The molecule has 0 saturated carbocycles.